The normalized spacial score (nSPS) is 11.6. The van der Waals surface area contributed by atoms with Gasteiger partial charge in [-0.15, -0.1) is 0 Å². The molecule has 1 heterocycles. The Balaban J connectivity index is 1.81. The second-order valence-corrected chi connectivity index (χ2v) is 8.55. The van der Waals surface area contributed by atoms with E-state index >= 15 is 0 Å². The Hall–Kier alpha value is -4.83. The SMILES string of the molecule is CCC(Oc1nc(Oc2cc(-c3cccc(CN)c3)cc(-c3cccc(C(=O)O)c3)c2)c(F)cc1F)C(=O)O. The van der Waals surface area contributed by atoms with E-state index in [9.17, 15) is 28.6 Å². The largest absolute Gasteiger partial charge is 0.479 e. The van der Waals surface area contributed by atoms with Gasteiger partial charge in [0, 0.05) is 12.6 Å². The van der Waals surface area contributed by atoms with Gasteiger partial charge in [-0.2, -0.15) is 4.98 Å². The van der Waals surface area contributed by atoms with Gasteiger partial charge in [0.15, 0.2) is 17.7 Å². The lowest BCUT2D eigenvalue weighted by Crippen LogP contribution is -2.26. The van der Waals surface area contributed by atoms with Crippen molar-refractivity contribution in [3.8, 4) is 39.8 Å². The quantitative estimate of drug-likeness (QED) is 0.230. The topological polar surface area (TPSA) is 132 Å². The summed E-state index contributed by atoms with van der Waals surface area (Å²) >= 11 is 0. The number of aromatic nitrogens is 1. The number of carbonyl (C=O) groups is 2. The second kappa shape index (κ2) is 11.7. The highest BCUT2D eigenvalue weighted by molar-refractivity contribution is 5.89. The molecule has 4 N–H and O–H groups in total. The second-order valence-electron chi connectivity index (χ2n) is 8.55. The smallest absolute Gasteiger partial charge is 0.344 e. The number of pyridine rings is 1. The molecule has 3 aromatic carbocycles. The van der Waals surface area contributed by atoms with Gasteiger partial charge in [0.25, 0.3) is 11.8 Å². The first-order chi connectivity index (χ1) is 18.7. The molecule has 0 bridgehead atoms. The first-order valence-corrected chi connectivity index (χ1v) is 11.9. The third-order valence-corrected chi connectivity index (χ3v) is 5.83. The molecule has 8 nitrogen and oxygen atoms in total. The third-order valence-electron chi connectivity index (χ3n) is 5.83. The van der Waals surface area contributed by atoms with Crippen LogP contribution < -0.4 is 15.2 Å². The van der Waals surface area contributed by atoms with E-state index in [1.54, 1.807) is 24.3 Å². The minimum atomic E-state index is -1.39. The minimum Gasteiger partial charge on any atom is -0.479 e. The van der Waals surface area contributed by atoms with Gasteiger partial charge in [0.1, 0.15) is 5.75 Å². The Labute approximate surface area is 222 Å². The first-order valence-electron chi connectivity index (χ1n) is 11.9. The van der Waals surface area contributed by atoms with Crippen molar-refractivity contribution < 1.29 is 38.1 Å². The predicted molar refractivity (Wildman–Crippen MR) is 139 cm³/mol. The Morgan fingerprint density at radius 1 is 0.872 bits per heavy atom. The van der Waals surface area contributed by atoms with Crippen LogP contribution in [0.5, 0.6) is 17.5 Å². The molecule has 0 saturated carbocycles. The summed E-state index contributed by atoms with van der Waals surface area (Å²) in [6.07, 6.45) is -1.37. The van der Waals surface area contributed by atoms with Crippen LogP contribution in [0.15, 0.2) is 72.8 Å². The number of carboxylic acids is 2. The summed E-state index contributed by atoms with van der Waals surface area (Å²) in [5.41, 5.74) is 9.25. The summed E-state index contributed by atoms with van der Waals surface area (Å²) in [5.74, 6) is -5.99. The number of rotatable bonds is 10. The van der Waals surface area contributed by atoms with Crippen molar-refractivity contribution >= 4 is 11.9 Å². The number of halogens is 2. The van der Waals surface area contributed by atoms with E-state index in [1.165, 1.54) is 19.1 Å². The third kappa shape index (κ3) is 6.36. The van der Waals surface area contributed by atoms with Gasteiger partial charge in [-0.25, -0.2) is 18.4 Å². The van der Waals surface area contributed by atoms with Gasteiger partial charge in [0.05, 0.1) is 5.56 Å². The van der Waals surface area contributed by atoms with Crippen molar-refractivity contribution in [2.24, 2.45) is 5.73 Å². The maximum Gasteiger partial charge on any atom is 0.344 e. The molecule has 0 fully saturated rings. The van der Waals surface area contributed by atoms with Crippen LogP contribution in [0.4, 0.5) is 8.78 Å². The fraction of sp³-hybridized carbons (Fsp3) is 0.138. The van der Waals surface area contributed by atoms with E-state index < -0.39 is 41.4 Å². The fourth-order valence-electron chi connectivity index (χ4n) is 3.84. The predicted octanol–water partition coefficient (Wildman–Crippen LogP) is 5.89. The molecule has 0 aliphatic rings. The van der Waals surface area contributed by atoms with Crippen LogP contribution in [0.3, 0.4) is 0 Å². The Morgan fingerprint density at radius 3 is 2.13 bits per heavy atom. The zero-order valence-corrected chi connectivity index (χ0v) is 20.7. The monoisotopic (exact) mass is 534 g/mol. The van der Waals surface area contributed by atoms with Crippen LogP contribution in [0.25, 0.3) is 22.3 Å². The maximum atomic E-state index is 14.7. The number of nitrogens with zero attached hydrogens (tertiary/aromatic N) is 1. The summed E-state index contributed by atoms with van der Waals surface area (Å²) < 4.78 is 39.9. The number of nitrogens with two attached hydrogens (primary N) is 1. The van der Waals surface area contributed by atoms with Gasteiger partial charge in [0.2, 0.25) is 0 Å². The molecule has 4 rings (SSSR count). The van der Waals surface area contributed by atoms with Gasteiger partial charge in [-0.05, 0) is 70.6 Å². The van der Waals surface area contributed by atoms with Gasteiger partial charge < -0.3 is 25.4 Å². The minimum absolute atomic E-state index is 0.0205. The zero-order chi connectivity index (χ0) is 28.1. The standard InChI is InChI=1S/C29H24F2N2O6/c1-2-25(29(36)37)39-27-24(31)14-23(30)26(33-27)38-22-12-20(17-6-3-5-16(9-17)15-32)11-21(13-22)18-7-4-8-19(10-18)28(34)35/h3-14,25H,2,15,32H2,1H3,(H,34,35)(H,36,37). The van der Waals surface area contributed by atoms with E-state index in [0.29, 0.717) is 29.3 Å². The highest BCUT2D eigenvalue weighted by atomic mass is 19.1. The van der Waals surface area contributed by atoms with E-state index in [4.69, 9.17) is 15.2 Å². The molecule has 0 saturated heterocycles. The van der Waals surface area contributed by atoms with Gasteiger partial charge in [-0.1, -0.05) is 37.3 Å². The number of aromatic carboxylic acids is 1. The van der Waals surface area contributed by atoms with E-state index in [2.05, 4.69) is 4.98 Å². The lowest BCUT2D eigenvalue weighted by molar-refractivity contribution is -0.145. The Morgan fingerprint density at radius 2 is 1.51 bits per heavy atom. The average molecular weight is 535 g/mol. The van der Waals surface area contributed by atoms with Crippen molar-refractivity contribution in [1.29, 1.82) is 0 Å². The summed E-state index contributed by atoms with van der Waals surface area (Å²) in [7, 11) is 0. The van der Waals surface area contributed by atoms with Crippen molar-refractivity contribution in [3.05, 3.63) is 95.6 Å². The van der Waals surface area contributed by atoms with Crippen LogP contribution in [-0.4, -0.2) is 33.2 Å². The zero-order valence-electron chi connectivity index (χ0n) is 20.7. The number of benzene rings is 3. The molecule has 0 radical (unpaired) electrons. The summed E-state index contributed by atoms with van der Waals surface area (Å²) in [6, 6.07) is 19.1. The van der Waals surface area contributed by atoms with Crippen LogP contribution in [-0.2, 0) is 11.3 Å². The molecular weight excluding hydrogens is 510 g/mol. The Bertz CT molecular complexity index is 1540. The molecule has 4 aromatic rings. The molecule has 1 unspecified atom stereocenters. The maximum absolute atomic E-state index is 14.7. The molecule has 10 heteroatoms. The van der Waals surface area contributed by atoms with Crippen molar-refractivity contribution in [2.75, 3.05) is 0 Å². The molecule has 1 aromatic heterocycles. The van der Waals surface area contributed by atoms with Gasteiger partial charge in [-0.3, -0.25) is 0 Å². The lowest BCUT2D eigenvalue weighted by Gasteiger charge is -2.15. The number of ether oxygens (including phenoxy) is 2. The lowest BCUT2D eigenvalue weighted by atomic mass is 9.96. The summed E-state index contributed by atoms with van der Waals surface area (Å²) in [6.45, 7) is 1.84. The fourth-order valence-corrected chi connectivity index (χ4v) is 3.84. The number of carboxylic acid groups (broad SMARTS) is 2. The van der Waals surface area contributed by atoms with Crippen LogP contribution in [0.1, 0.15) is 29.3 Å². The molecule has 200 valence electrons. The summed E-state index contributed by atoms with van der Waals surface area (Å²) in [5, 5.41) is 18.7. The van der Waals surface area contributed by atoms with Crippen molar-refractivity contribution in [1.82, 2.24) is 4.98 Å². The van der Waals surface area contributed by atoms with E-state index in [-0.39, 0.29) is 17.7 Å². The number of hydrogen-bond acceptors (Lipinski definition) is 6. The molecule has 0 aliphatic heterocycles. The molecular formula is C29H24F2N2O6. The van der Waals surface area contributed by atoms with Crippen molar-refractivity contribution in [3.63, 3.8) is 0 Å². The Kier molecular flexibility index (Phi) is 8.16. The molecule has 0 spiro atoms. The summed E-state index contributed by atoms with van der Waals surface area (Å²) in [4.78, 5) is 26.6. The molecule has 39 heavy (non-hydrogen) atoms. The van der Waals surface area contributed by atoms with E-state index in [1.807, 2.05) is 30.3 Å². The number of hydrogen-bond donors (Lipinski definition) is 3. The molecule has 0 amide bonds. The average Bonchev–Trinajstić information content (AvgIpc) is 2.93. The highest BCUT2D eigenvalue weighted by Crippen LogP contribution is 2.35. The number of aliphatic carboxylic acids is 1. The first kappa shape index (κ1) is 27.2. The van der Waals surface area contributed by atoms with Crippen LogP contribution >= 0.6 is 0 Å². The van der Waals surface area contributed by atoms with Crippen LogP contribution in [0.2, 0.25) is 0 Å². The van der Waals surface area contributed by atoms with Crippen molar-refractivity contribution in [2.45, 2.75) is 26.0 Å². The highest BCUT2D eigenvalue weighted by Gasteiger charge is 2.23. The van der Waals surface area contributed by atoms with Gasteiger partial charge >= 0.3 is 11.9 Å². The van der Waals surface area contributed by atoms with E-state index in [0.717, 1.165) is 11.1 Å². The van der Waals surface area contributed by atoms with Crippen LogP contribution in [0, 0.1) is 11.6 Å². The molecule has 0 aliphatic carbocycles. The molecule has 1 atom stereocenters.